The molecular weight excluding hydrogens is 182 g/mol. The predicted molar refractivity (Wildman–Crippen MR) is 68.0 cm³/mol. The van der Waals surface area contributed by atoms with Gasteiger partial charge >= 0.3 is 0 Å². The van der Waals surface area contributed by atoms with E-state index >= 15 is 0 Å². The van der Waals surface area contributed by atoms with E-state index in [-0.39, 0.29) is 0 Å². The zero-order valence-electron chi connectivity index (χ0n) is 11.4. The van der Waals surface area contributed by atoms with E-state index in [0.717, 1.165) is 23.8 Å². The van der Waals surface area contributed by atoms with Crippen molar-refractivity contribution in [1.82, 2.24) is 5.32 Å². The molecule has 1 heteroatoms. The summed E-state index contributed by atoms with van der Waals surface area (Å²) in [4.78, 5) is 0. The monoisotopic (exact) mass is 211 g/mol. The molecule has 0 aromatic heterocycles. The summed E-state index contributed by atoms with van der Waals surface area (Å²) < 4.78 is 0. The molecule has 1 aliphatic carbocycles. The molecule has 1 rings (SSSR count). The Morgan fingerprint density at radius 1 is 1.20 bits per heavy atom. The van der Waals surface area contributed by atoms with Gasteiger partial charge in [-0.2, -0.15) is 0 Å². The Morgan fingerprint density at radius 2 is 1.80 bits per heavy atom. The van der Waals surface area contributed by atoms with Crippen LogP contribution in [0.5, 0.6) is 0 Å². The van der Waals surface area contributed by atoms with Gasteiger partial charge in [-0.3, -0.25) is 0 Å². The van der Waals surface area contributed by atoms with E-state index < -0.39 is 0 Å². The normalized spacial score (nSPS) is 33.4. The third kappa shape index (κ3) is 2.75. The van der Waals surface area contributed by atoms with E-state index in [1.165, 1.54) is 19.3 Å². The van der Waals surface area contributed by atoms with Gasteiger partial charge in [-0.25, -0.2) is 0 Å². The highest BCUT2D eigenvalue weighted by atomic mass is 14.9. The van der Waals surface area contributed by atoms with Crippen molar-refractivity contribution in [1.29, 1.82) is 0 Å². The van der Waals surface area contributed by atoms with Crippen molar-refractivity contribution in [3.05, 3.63) is 0 Å². The summed E-state index contributed by atoms with van der Waals surface area (Å²) in [5.74, 6) is 2.52. The molecule has 1 fully saturated rings. The Labute approximate surface area is 96.0 Å². The molecular formula is C14H29N. The highest BCUT2D eigenvalue weighted by Gasteiger charge is 2.39. The first-order chi connectivity index (χ1) is 6.89. The fourth-order valence-electron chi connectivity index (χ4n) is 3.02. The number of rotatable bonds is 3. The average molecular weight is 211 g/mol. The van der Waals surface area contributed by atoms with Crippen molar-refractivity contribution in [2.45, 2.75) is 59.9 Å². The lowest BCUT2D eigenvalue weighted by atomic mass is 9.62. The van der Waals surface area contributed by atoms with E-state index in [1.807, 2.05) is 0 Å². The maximum absolute atomic E-state index is 3.55. The zero-order chi connectivity index (χ0) is 11.6. The van der Waals surface area contributed by atoms with Crippen LogP contribution in [-0.4, -0.2) is 13.1 Å². The molecule has 1 N–H and O–H groups in total. The molecule has 0 radical (unpaired) electrons. The van der Waals surface area contributed by atoms with Gasteiger partial charge in [-0.15, -0.1) is 0 Å². The van der Waals surface area contributed by atoms with Gasteiger partial charge in [0.05, 0.1) is 0 Å². The van der Waals surface area contributed by atoms with Crippen LogP contribution in [0.1, 0.15) is 53.9 Å². The van der Waals surface area contributed by atoms with Crippen LogP contribution in [0.3, 0.4) is 0 Å². The van der Waals surface area contributed by atoms with Crippen LogP contribution in [0.25, 0.3) is 0 Å². The van der Waals surface area contributed by atoms with Crippen molar-refractivity contribution in [3.63, 3.8) is 0 Å². The molecule has 0 amide bonds. The third-order valence-electron chi connectivity index (χ3n) is 4.93. The Hall–Kier alpha value is -0.0400. The lowest BCUT2D eigenvalue weighted by Gasteiger charge is -2.46. The first-order valence-electron chi connectivity index (χ1n) is 6.56. The van der Waals surface area contributed by atoms with Gasteiger partial charge in [0.25, 0.3) is 0 Å². The Kier molecular flexibility index (Phi) is 4.22. The molecule has 1 nitrogen and oxygen atoms in total. The summed E-state index contributed by atoms with van der Waals surface area (Å²) in [7, 11) is 2.13. The van der Waals surface area contributed by atoms with Gasteiger partial charge < -0.3 is 5.32 Å². The molecule has 0 aromatic rings. The highest BCUT2D eigenvalue weighted by Crippen LogP contribution is 2.44. The summed E-state index contributed by atoms with van der Waals surface area (Å²) in [6.45, 7) is 12.0. The van der Waals surface area contributed by atoms with E-state index in [2.05, 4.69) is 47.0 Å². The van der Waals surface area contributed by atoms with Crippen LogP contribution in [-0.2, 0) is 0 Å². The minimum atomic E-state index is 0.466. The molecule has 0 bridgehead atoms. The summed E-state index contributed by atoms with van der Waals surface area (Å²) in [6.07, 6.45) is 4.17. The maximum atomic E-state index is 3.55. The number of nitrogens with one attached hydrogen (secondary N) is 1. The van der Waals surface area contributed by atoms with Gasteiger partial charge in [-0.05, 0) is 43.1 Å². The Balaban J connectivity index is 2.75. The smallest absolute Gasteiger partial charge is 0.0100 e. The minimum absolute atomic E-state index is 0.466. The quantitative estimate of drug-likeness (QED) is 0.750. The van der Waals surface area contributed by atoms with Crippen LogP contribution in [0.15, 0.2) is 0 Å². The number of hydrogen-bond donors (Lipinski definition) is 1. The molecule has 0 saturated heterocycles. The fourth-order valence-corrected chi connectivity index (χ4v) is 3.02. The number of hydrogen-bond acceptors (Lipinski definition) is 1. The first-order valence-corrected chi connectivity index (χ1v) is 6.56. The molecule has 0 aromatic carbocycles. The zero-order valence-corrected chi connectivity index (χ0v) is 11.4. The second-order valence-corrected chi connectivity index (χ2v) is 6.40. The maximum Gasteiger partial charge on any atom is 0.0100 e. The van der Waals surface area contributed by atoms with Crippen LogP contribution in [0.4, 0.5) is 0 Å². The molecule has 3 unspecified atom stereocenters. The van der Waals surface area contributed by atoms with Gasteiger partial charge in [0, 0.05) is 6.04 Å². The molecule has 15 heavy (non-hydrogen) atoms. The van der Waals surface area contributed by atoms with Crippen LogP contribution in [0.2, 0.25) is 0 Å². The highest BCUT2D eigenvalue weighted by molar-refractivity contribution is 4.92. The summed E-state index contributed by atoms with van der Waals surface area (Å²) in [5, 5.41) is 3.55. The topological polar surface area (TPSA) is 12.0 Å². The van der Waals surface area contributed by atoms with Crippen molar-refractivity contribution in [2.75, 3.05) is 7.05 Å². The van der Waals surface area contributed by atoms with E-state index in [1.54, 1.807) is 0 Å². The van der Waals surface area contributed by atoms with E-state index in [0.29, 0.717) is 5.41 Å². The third-order valence-corrected chi connectivity index (χ3v) is 4.93. The minimum Gasteiger partial charge on any atom is -0.317 e. The second-order valence-electron chi connectivity index (χ2n) is 6.40. The molecule has 1 saturated carbocycles. The lowest BCUT2D eigenvalue weighted by molar-refractivity contribution is 0.0587. The molecule has 1 aliphatic rings. The lowest BCUT2D eigenvalue weighted by Crippen LogP contribution is -2.47. The Bertz CT molecular complexity index is 196. The summed E-state index contributed by atoms with van der Waals surface area (Å²) >= 11 is 0. The molecule has 90 valence electrons. The van der Waals surface area contributed by atoms with Crippen molar-refractivity contribution in [2.24, 2.45) is 23.2 Å². The molecule has 0 aliphatic heterocycles. The van der Waals surface area contributed by atoms with Crippen molar-refractivity contribution >= 4 is 0 Å². The van der Waals surface area contributed by atoms with Crippen LogP contribution >= 0.6 is 0 Å². The average Bonchev–Trinajstić information content (AvgIpc) is 2.16. The summed E-state index contributed by atoms with van der Waals surface area (Å²) in [6, 6.07) is 0.728. The van der Waals surface area contributed by atoms with Gasteiger partial charge in [0.1, 0.15) is 0 Å². The SMILES string of the molecule is CNC1CC(C)CCC1C(C)(C)C(C)C. The predicted octanol–water partition coefficient (Wildman–Crippen LogP) is 3.69. The fraction of sp³-hybridized carbons (Fsp3) is 1.00. The van der Waals surface area contributed by atoms with Gasteiger partial charge in [0.2, 0.25) is 0 Å². The van der Waals surface area contributed by atoms with Crippen LogP contribution in [0, 0.1) is 23.2 Å². The summed E-state index contributed by atoms with van der Waals surface area (Å²) in [5.41, 5.74) is 0.466. The largest absolute Gasteiger partial charge is 0.317 e. The van der Waals surface area contributed by atoms with E-state index in [4.69, 9.17) is 0 Å². The van der Waals surface area contributed by atoms with E-state index in [9.17, 15) is 0 Å². The molecule has 3 atom stereocenters. The first kappa shape index (κ1) is 13.0. The van der Waals surface area contributed by atoms with Crippen molar-refractivity contribution in [3.8, 4) is 0 Å². The van der Waals surface area contributed by atoms with Crippen molar-refractivity contribution < 1.29 is 0 Å². The van der Waals surface area contributed by atoms with Gasteiger partial charge in [-0.1, -0.05) is 41.0 Å². The molecule has 0 spiro atoms. The Morgan fingerprint density at radius 3 is 2.27 bits per heavy atom. The van der Waals surface area contributed by atoms with Crippen LogP contribution < -0.4 is 5.32 Å². The van der Waals surface area contributed by atoms with Gasteiger partial charge in [0.15, 0.2) is 0 Å². The standard InChI is InChI=1S/C14H29N/c1-10(2)14(4,5)12-8-7-11(3)9-13(12)15-6/h10-13,15H,7-9H2,1-6H3. The molecule has 0 heterocycles. The second kappa shape index (κ2) is 4.86.